The smallest absolute Gasteiger partial charge is 0.275 e. The van der Waals surface area contributed by atoms with Crippen molar-refractivity contribution < 1.29 is 13.6 Å². The number of likely N-dealkylation sites (N-methyl/N-ethyl adjacent to an activating group) is 1. The van der Waals surface area contributed by atoms with E-state index in [0.717, 1.165) is 38.3 Å². The van der Waals surface area contributed by atoms with Crippen molar-refractivity contribution in [3.05, 3.63) is 47.9 Å². The molecule has 0 atom stereocenters. The van der Waals surface area contributed by atoms with Crippen LogP contribution in [0.5, 0.6) is 0 Å². The van der Waals surface area contributed by atoms with Crippen molar-refractivity contribution in [3.63, 3.8) is 0 Å². The monoisotopic (exact) mass is 333 g/mol. The van der Waals surface area contributed by atoms with Gasteiger partial charge in [-0.05, 0) is 19.2 Å². The molecule has 1 saturated heterocycles. The van der Waals surface area contributed by atoms with Gasteiger partial charge in [-0.15, -0.1) is 0 Å². The summed E-state index contributed by atoms with van der Waals surface area (Å²) in [4.78, 5) is 24.8. The molecule has 1 fully saturated rings. The van der Waals surface area contributed by atoms with Crippen molar-refractivity contribution in [1.82, 2.24) is 14.9 Å². The van der Waals surface area contributed by atoms with E-state index in [1.165, 1.54) is 12.3 Å². The molecule has 8 heteroatoms. The lowest BCUT2D eigenvalue weighted by Gasteiger charge is -2.32. The number of anilines is 2. The molecule has 0 saturated carbocycles. The second-order valence-electron chi connectivity index (χ2n) is 5.63. The summed E-state index contributed by atoms with van der Waals surface area (Å²) in [6.07, 6.45) is 2.92. The Morgan fingerprint density at radius 3 is 2.46 bits per heavy atom. The standard InChI is InChI=1S/C16H17F2N5O/c1-22-4-6-23(7-5-22)15-10-19-14(9-20-15)16(24)21-11-2-3-12(17)13(18)8-11/h2-3,8-10H,4-7H2,1H3,(H,21,24). The van der Waals surface area contributed by atoms with Gasteiger partial charge in [0.25, 0.3) is 5.91 Å². The fourth-order valence-electron chi connectivity index (χ4n) is 2.41. The summed E-state index contributed by atoms with van der Waals surface area (Å²) in [5, 5.41) is 2.46. The van der Waals surface area contributed by atoms with Gasteiger partial charge in [-0.25, -0.2) is 18.7 Å². The van der Waals surface area contributed by atoms with Gasteiger partial charge in [0.05, 0.1) is 12.4 Å². The van der Waals surface area contributed by atoms with Gasteiger partial charge in [-0.2, -0.15) is 0 Å². The van der Waals surface area contributed by atoms with Crippen molar-refractivity contribution >= 4 is 17.4 Å². The number of hydrogen-bond donors (Lipinski definition) is 1. The number of rotatable bonds is 3. The van der Waals surface area contributed by atoms with Crippen LogP contribution >= 0.6 is 0 Å². The van der Waals surface area contributed by atoms with Crippen LogP contribution in [0.4, 0.5) is 20.3 Å². The van der Waals surface area contributed by atoms with E-state index in [0.29, 0.717) is 5.82 Å². The van der Waals surface area contributed by atoms with Gasteiger partial charge in [0, 0.05) is 37.9 Å². The molecule has 1 aromatic carbocycles. The van der Waals surface area contributed by atoms with Gasteiger partial charge >= 0.3 is 0 Å². The van der Waals surface area contributed by atoms with Crippen LogP contribution < -0.4 is 10.2 Å². The van der Waals surface area contributed by atoms with Gasteiger partial charge in [0.2, 0.25) is 0 Å². The van der Waals surface area contributed by atoms with E-state index in [1.807, 2.05) is 0 Å². The summed E-state index contributed by atoms with van der Waals surface area (Å²) in [5.74, 6) is -1.81. The third kappa shape index (κ3) is 3.65. The molecule has 0 radical (unpaired) electrons. The zero-order chi connectivity index (χ0) is 17.1. The summed E-state index contributed by atoms with van der Waals surface area (Å²) < 4.78 is 26.0. The first-order valence-corrected chi connectivity index (χ1v) is 7.55. The summed E-state index contributed by atoms with van der Waals surface area (Å²) in [6, 6.07) is 3.15. The first-order valence-electron chi connectivity index (χ1n) is 7.55. The molecule has 1 aromatic heterocycles. The summed E-state index contributed by atoms with van der Waals surface area (Å²) in [6.45, 7) is 3.59. The van der Waals surface area contributed by atoms with E-state index in [2.05, 4.69) is 32.1 Å². The minimum atomic E-state index is -1.02. The lowest BCUT2D eigenvalue weighted by atomic mass is 10.3. The van der Waals surface area contributed by atoms with E-state index in [9.17, 15) is 13.6 Å². The Kier molecular flexibility index (Phi) is 4.66. The Labute approximate surface area is 138 Å². The minimum Gasteiger partial charge on any atom is -0.353 e. The average molecular weight is 333 g/mol. The predicted molar refractivity (Wildman–Crippen MR) is 86.1 cm³/mol. The molecule has 0 bridgehead atoms. The zero-order valence-corrected chi connectivity index (χ0v) is 13.2. The van der Waals surface area contributed by atoms with Crippen molar-refractivity contribution in [1.29, 1.82) is 0 Å². The van der Waals surface area contributed by atoms with Gasteiger partial charge in [0.15, 0.2) is 11.6 Å². The molecule has 1 N–H and O–H groups in total. The third-order valence-electron chi connectivity index (χ3n) is 3.88. The zero-order valence-electron chi connectivity index (χ0n) is 13.2. The molecule has 2 heterocycles. The van der Waals surface area contributed by atoms with Crippen molar-refractivity contribution in [2.45, 2.75) is 0 Å². The van der Waals surface area contributed by atoms with Crippen LogP contribution in [0, 0.1) is 11.6 Å². The lowest BCUT2D eigenvalue weighted by molar-refractivity contribution is 0.102. The Hall–Kier alpha value is -2.61. The normalized spacial score (nSPS) is 15.4. The number of nitrogens with zero attached hydrogens (tertiary/aromatic N) is 4. The lowest BCUT2D eigenvalue weighted by Crippen LogP contribution is -2.44. The number of piperazine rings is 1. The molecule has 1 amide bonds. The molecule has 6 nitrogen and oxygen atoms in total. The summed E-state index contributed by atoms with van der Waals surface area (Å²) in [5.41, 5.74) is 0.265. The molecule has 2 aromatic rings. The maximum absolute atomic E-state index is 13.2. The van der Waals surface area contributed by atoms with Crippen molar-refractivity contribution in [2.75, 3.05) is 43.4 Å². The summed E-state index contributed by atoms with van der Waals surface area (Å²) in [7, 11) is 2.06. The van der Waals surface area contributed by atoms with E-state index in [1.54, 1.807) is 6.20 Å². The second-order valence-corrected chi connectivity index (χ2v) is 5.63. The highest BCUT2D eigenvalue weighted by Crippen LogP contribution is 2.15. The third-order valence-corrected chi connectivity index (χ3v) is 3.88. The molecular weight excluding hydrogens is 316 g/mol. The maximum Gasteiger partial charge on any atom is 0.275 e. The van der Waals surface area contributed by atoms with E-state index >= 15 is 0 Å². The number of nitrogens with one attached hydrogen (secondary N) is 1. The van der Waals surface area contributed by atoms with Crippen LogP contribution in [0.25, 0.3) is 0 Å². The van der Waals surface area contributed by atoms with Gasteiger partial charge in [0.1, 0.15) is 11.5 Å². The topological polar surface area (TPSA) is 61.4 Å². The summed E-state index contributed by atoms with van der Waals surface area (Å²) >= 11 is 0. The molecular formula is C16H17F2N5O. The number of halogens is 2. The van der Waals surface area contributed by atoms with E-state index in [-0.39, 0.29) is 11.4 Å². The number of benzene rings is 1. The maximum atomic E-state index is 13.2. The minimum absolute atomic E-state index is 0.109. The number of aromatic nitrogens is 2. The molecule has 0 unspecified atom stereocenters. The Balaban J connectivity index is 1.66. The molecule has 0 spiro atoms. The number of amides is 1. The van der Waals surface area contributed by atoms with Gasteiger partial charge in [-0.1, -0.05) is 0 Å². The largest absolute Gasteiger partial charge is 0.353 e. The molecule has 24 heavy (non-hydrogen) atoms. The van der Waals surface area contributed by atoms with Crippen LogP contribution in [0.2, 0.25) is 0 Å². The fourth-order valence-corrected chi connectivity index (χ4v) is 2.41. The average Bonchev–Trinajstić information content (AvgIpc) is 2.59. The Morgan fingerprint density at radius 1 is 1.08 bits per heavy atom. The SMILES string of the molecule is CN1CCN(c2cnc(C(=O)Nc3ccc(F)c(F)c3)cn2)CC1. The van der Waals surface area contributed by atoms with Crippen LogP contribution in [0.15, 0.2) is 30.6 Å². The van der Waals surface area contributed by atoms with E-state index in [4.69, 9.17) is 0 Å². The van der Waals surface area contributed by atoms with Crippen LogP contribution in [-0.2, 0) is 0 Å². The first kappa shape index (κ1) is 16.3. The quantitative estimate of drug-likeness (QED) is 0.927. The molecule has 1 aliphatic heterocycles. The first-order chi connectivity index (χ1) is 11.5. The van der Waals surface area contributed by atoms with Crippen molar-refractivity contribution in [2.24, 2.45) is 0 Å². The molecule has 126 valence electrons. The molecule has 3 rings (SSSR count). The predicted octanol–water partition coefficient (Wildman–Crippen LogP) is 1.76. The second kappa shape index (κ2) is 6.88. The van der Waals surface area contributed by atoms with Crippen LogP contribution in [0.3, 0.4) is 0 Å². The Bertz CT molecular complexity index is 730. The van der Waals surface area contributed by atoms with Crippen molar-refractivity contribution in [3.8, 4) is 0 Å². The molecule has 1 aliphatic rings. The fraction of sp³-hybridized carbons (Fsp3) is 0.312. The number of hydrogen-bond acceptors (Lipinski definition) is 5. The highest BCUT2D eigenvalue weighted by Gasteiger charge is 2.16. The Morgan fingerprint density at radius 2 is 1.83 bits per heavy atom. The number of carbonyl (C=O) groups excluding carboxylic acids is 1. The van der Waals surface area contributed by atoms with Crippen LogP contribution in [-0.4, -0.2) is 54.0 Å². The van der Waals surface area contributed by atoms with Crippen LogP contribution in [0.1, 0.15) is 10.5 Å². The highest BCUT2D eigenvalue weighted by atomic mass is 19.2. The van der Waals surface area contributed by atoms with Gasteiger partial charge < -0.3 is 15.1 Å². The molecule has 0 aliphatic carbocycles. The highest BCUT2D eigenvalue weighted by molar-refractivity contribution is 6.02. The van der Waals surface area contributed by atoms with Gasteiger partial charge in [-0.3, -0.25) is 4.79 Å². The number of carbonyl (C=O) groups is 1. The van der Waals surface area contributed by atoms with E-state index < -0.39 is 17.5 Å².